The monoisotopic (exact) mass is 613 g/mol. The van der Waals surface area contributed by atoms with E-state index in [9.17, 15) is 15.2 Å². The second-order valence-corrected chi connectivity index (χ2v) is 10.8. The molecule has 1 aliphatic heterocycles. The lowest BCUT2D eigenvalue weighted by molar-refractivity contribution is -0.386. The third-order valence-corrected chi connectivity index (χ3v) is 7.42. The molecule has 0 saturated carbocycles. The van der Waals surface area contributed by atoms with Crippen LogP contribution >= 0.6 is 0 Å². The Morgan fingerprint density at radius 3 is 1.91 bits per heavy atom. The number of hydrogen-bond donors (Lipinski definition) is 1. The van der Waals surface area contributed by atoms with Crippen LogP contribution in [0.1, 0.15) is 36.2 Å². The number of nitrogens with zero attached hydrogens (tertiary/aromatic N) is 3. The van der Waals surface area contributed by atoms with Crippen LogP contribution in [0.25, 0.3) is 6.08 Å². The van der Waals surface area contributed by atoms with Crippen molar-refractivity contribution in [3.63, 3.8) is 0 Å². The zero-order valence-electron chi connectivity index (χ0n) is 25.4. The Morgan fingerprint density at radius 2 is 1.44 bits per heavy atom. The number of hydrogen-bond acceptors (Lipinski definition) is 10. The van der Waals surface area contributed by atoms with E-state index < -0.39 is 40.3 Å². The lowest BCUT2D eigenvalue weighted by atomic mass is 9.80. The van der Waals surface area contributed by atoms with Crippen molar-refractivity contribution in [3.8, 4) is 11.9 Å². The van der Waals surface area contributed by atoms with Crippen LogP contribution in [0.5, 0.6) is 11.9 Å². The van der Waals surface area contributed by atoms with Crippen LogP contribution in [0.4, 0.5) is 5.69 Å². The minimum absolute atomic E-state index is 0.0576. The number of nitro groups is 1. The number of aromatic nitrogens is 2. The van der Waals surface area contributed by atoms with Gasteiger partial charge in [0.1, 0.15) is 23.9 Å². The summed E-state index contributed by atoms with van der Waals surface area (Å²) in [6.45, 7) is 3.31. The number of aliphatic hydroxyl groups is 1. The molecule has 1 fully saturated rings. The fourth-order valence-electron chi connectivity index (χ4n) is 5.48. The average Bonchev–Trinajstić information content (AvgIpc) is 3.38. The van der Waals surface area contributed by atoms with Crippen LogP contribution in [0.3, 0.4) is 0 Å². The van der Waals surface area contributed by atoms with E-state index in [4.69, 9.17) is 23.7 Å². The van der Waals surface area contributed by atoms with Gasteiger partial charge in [0.15, 0.2) is 11.5 Å². The smallest absolute Gasteiger partial charge is 0.356 e. The Hall–Kier alpha value is -4.68. The van der Waals surface area contributed by atoms with Crippen LogP contribution in [-0.4, -0.2) is 64.9 Å². The number of ether oxygens (including phenoxy) is 5. The molecule has 1 aliphatic rings. The number of methoxy groups -OCH3 is 2. The molecule has 5 rings (SSSR count). The predicted octanol–water partition coefficient (Wildman–Crippen LogP) is 5.30. The Kier molecular flexibility index (Phi) is 9.54. The van der Waals surface area contributed by atoms with Crippen LogP contribution in [0.15, 0.2) is 97.1 Å². The largest absolute Gasteiger partial charge is 0.476 e. The fourth-order valence-corrected chi connectivity index (χ4v) is 5.48. The molecular weight excluding hydrogens is 578 g/mol. The Morgan fingerprint density at radius 1 is 0.911 bits per heavy atom. The summed E-state index contributed by atoms with van der Waals surface area (Å²) in [5, 5.41) is 23.5. The molecule has 0 aliphatic carbocycles. The van der Waals surface area contributed by atoms with Crippen LogP contribution in [-0.2, 0) is 19.8 Å². The summed E-state index contributed by atoms with van der Waals surface area (Å²) in [6, 6.07) is 29.4. The highest BCUT2D eigenvalue weighted by Gasteiger charge is 2.45. The molecule has 2 heterocycles. The first-order valence-corrected chi connectivity index (χ1v) is 14.4. The van der Waals surface area contributed by atoms with Crippen molar-refractivity contribution >= 4 is 11.8 Å². The van der Waals surface area contributed by atoms with E-state index in [0.717, 1.165) is 16.7 Å². The number of rotatable bonds is 12. The molecule has 0 unspecified atom stereocenters. The van der Waals surface area contributed by atoms with Gasteiger partial charge in [-0.05, 0) is 36.6 Å². The topological polar surface area (TPSA) is 135 Å². The molecule has 1 N–H and O–H groups in total. The number of aliphatic hydroxyl groups excluding tert-OH is 1. The first kappa shape index (κ1) is 31.7. The highest BCUT2D eigenvalue weighted by atomic mass is 16.8. The van der Waals surface area contributed by atoms with Crippen LogP contribution in [0, 0.1) is 10.1 Å². The van der Waals surface area contributed by atoms with Crippen molar-refractivity contribution in [1.82, 2.24) is 9.97 Å². The highest BCUT2D eigenvalue weighted by molar-refractivity contribution is 5.62. The standard InChI is InChI=1S/C34H35N3O8/c1-33(2)44-28(21-20-26-29(37(39)40)31(41-3)36-32(35-26)42-4)30(45-33)27(38)22-43-34(23-14-8-5-9-15-23,24-16-10-6-11-17-24)25-18-12-7-13-19-25/h5-21,27-28,30,38H,22H2,1-4H3/b21-20+/t27-,28+,30-/m1/s1. The van der Waals surface area contributed by atoms with Crippen molar-refractivity contribution in [1.29, 1.82) is 0 Å². The average molecular weight is 614 g/mol. The molecule has 0 spiro atoms. The van der Waals surface area contributed by atoms with Gasteiger partial charge in [0.05, 0.1) is 25.7 Å². The van der Waals surface area contributed by atoms with E-state index in [1.165, 1.54) is 20.3 Å². The second kappa shape index (κ2) is 13.5. The van der Waals surface area contributed by atoms with Gasteiger partial charge in [-0.15, -0.1) is 0 Å². The molecule has 0 bridgehead atoms. The Labute approximate surface area is 261 Å². The molecule has 4 aromatic rings. The van der Waals surface area contributed by atoms with Crippen molar-refractivity contribution in [3.05, 3.63) is 130 Å². The summed E-state index contributed by atoms with van der Waals surface area (Å²) >= 11 is 0. The molecule has 0 amide bonds. The maximum absolute atomic E-state index is 11.9. The Bertz CT molecular complexity index is 1520. The zero-order chi connectivity index (χ0) is 32.0. The van der Waals surface area contributed by atoms with Gasteiger partial charge in [-0.25, -0.2) is 0 Å². The fraction of sp³-hybridized carbons (Fsp3) is 0.294. The molecular formula is C34H35N3O8. The van der Waals surface area contributed by atoms with Gasteiger partial charge < -0.3 is 28.8 Å². The van der Waals surface area contributed by atoms with Gasteiger partial charge in [0.2, 0.25) is 0 Å². The first-order valence-electron chi connectivity index (χ1n) is 14.4. The molecule has 1 aromatic heterocycles. The second-order valence-electron chi connectivity index (χ2n) is 10.8. The molecule has 234 valence electrons. The SMILES string of the molecule is COc1nc(/C=C/[C@@H]2OC(C)(C)O[C@@H]2[C@H](O)COC(c2ccccc2)(c2ccccc2)c2ccccc2)c([N+](=O)[O-])c(OC)n1. The van der Waals surface area contributed by atoms with E-state index >= 15 is 0 Å². The molecule has 0 radical (unpaired) electrons. The number of benzene rings is 3. The zero-order valence-corrected chi connectivity index (χ0v) is 25.4. The highest BCUT2D eigenvalue weighted by Crippen LogP contribution is 2.41. The molecule has 45 heavy (non-hydrogen) atoms. The summed E-state index contributed by atoms with van der Waals surface area (Å²) in [7, 11) is 2.61. The molecule has 3 aromatic carbocycles. The molecule has 3 atom stereocenters. The summed E-state index contributed by atoms with van der Waals surface area (Å²) in [6.07, 6.45) is 0.0887. The molecule has 1 saturated heterocycles. The van der Waals surface area contributed by atoms with Crippen molar-refractivity contribution in [2.75, 3.05) is 20.8 Å². The van der Waals surface area contributed by atoms with Gasteiger partial charge in [0, 0.05) is 0 Å². The third kappa shape index (κ3) is 6.71. The maximum Gasteiger partial charge on any atom is 0.356 e. The first-order chi connectivity index (χ1) is 21.7. The van der Waals surface area contributed by atoms with E-state index in [2.05, 4.69) is 9.97 Å². The van der Waals surface area contributed by atoms with Crippen molar-refractivity contribution in [2.45, 2.75) is 43.5 Å². The van der Waals surface area contributed by atoms with Crippen LogP contribution < -0.4 is 9.47 Å². The summed E-state index contributed by atoms with van der Waals surface area (Å²) in [5.74, 6) is -1.32. The van der Waals surface area contributed by atoms with Crippen molar-refractivity contribution < 1.29 is 33.7 Å². The van der Waals surface area contributed by atoms with E-state index in [1.54, 1.807) is 19.9 Å². The minimum atomic E-state index is -1.17. The van der Waals surface area contributed by atoms with Gasteiger partial charge in [-0.2, -0.15) is 9.97 Å². The minimum Gasteiger partial charge on any atom is -0.476 e. The van der Waals surface area contributed by atoms with Crippen molar-refractivity contribution in [2.24, 2.45) is 0 Å². The van der Waals surface area contributed by atoms with E-state index in [0.29, 0.717) is 0 Å². The van der Waals surface area contributed by atoms with Gasteiger partial charge in [0.25, 0.3) is 0 Å². The van der Waals surface area contributed by atoms with Crippen LogP contribution in [0.2, 0.25) is 0 Å². The van der Waals surface area contributed by atoms with Gasteiger partial charge in [-0.3, -0.25) is 10.1 Å². The third-order valence-electron chi connectivity index (χ3n) is 7.42. The van der Waals surface area contributed by atoms with E-state index in [1.807, 2.05) is 91.0 Å². The Balaban J connectivity index is 1.49. The quantitative estimate of drug-likeness (QED) is 0.127. The summed E-state index contributed by atoms with van der Waals surface area (Å²) in [4.78, 5) is 19.3. The van der Waals surface area contributed by atoms with Gasteiger partial charge in [-0.1, -0.05) is 97.1 Å². The summed E-state index contributed by atoms with van der Waals surface area (Å²) < 4.78 is 29.3. The maximum atomic E-state index is 11.9. The van der Waals surface area contributed by atoms with E-state index in [-0.39, 0.29) is 24.2 Å². The molecule has 11 heteroatoms. The van der Waals surface area contributed by atoms with Gasteiger partial charge >= 0.3 is 17.6 Å². The molecule has 11 nitrogen and oxygen atoms in total. The normalized spacial score (nSPS) is 18.5. The lowest BCUT2D eigenvalue weighted by Gasteiger charge is -2.37. The lowest BCUT2D eigenvalue weighted by Crippen LogP contribution is -2.42. The summed E-state index contributed by atoms with van der Waals surface area (Å²) in [5.41, 5.74) is 1.10. The predicted molar refractivity (Wildman–Crippen MR) is 166 cm³/mol.